The van der Waals surface area contributed by atoms with Crippen LogP contribution in [0.4, 0.5) is 28.8 Å². The van der Waals surface area contributed by atoms with Crippen LogP contribution in [0.1, 0.15) is 6.92 Å². The third kappa shape index (κ3) is 6.39. The van der Waals surface area contributed by atoms with Crippen molar-refractivity contribution in [2.75, 3.05) is 60.5 Å². The van der Waals surface area contributed by atoms with Gasteiger partial charge in [0, 0.05) is 42.8 Å². The van der Waals surface area contributed by atoms with E-state index in [2.05, 4.69) is 20.5 Å². The molecule has 2 aromatic heterocycles. The second-order valence-electron chi connectivity index (χ2n) is 8.39. The fourth-order valence-electron chi connectivity index (χ4n) is 4.03. The number of hydrogen-bond acceptors (Lipinski definition) is 9. The fraction of sp³-hybridized carbons (Fsp3) is 0.292. The van der Waals surface area contributed by atoms with Crippen molar-refractivity contribution in [3.63, 3.8) is 0 Å². The number of pyridine rings is 2. The summed E-state index contributed by atoms with van der Waals surface area (Å²) in [7, 11) is 0. The van der Waals surface area contributed by atoms with E-state index in [9.17, 15) is 10.0 Å². The molecule has 3 heterocycles. The maximum atomic E-state index is 12.9. The molecule has 1 aromatic carbocycles. The van der Waals surface area contributed by atoms with Gasteiger partial charge in [0.15, 0.2) is 5.82 Å². The Morgan fingerprint density at radius 3 is 2.41 bits per heavy atom. The van der Waals surface area contributed by atoms with Crippen molar-refractivity contribution in [3.8, 4) is 11.3 Å². The third-order valence-corrected chi connectivity index (χ3v) is 6.54. The molecule has 0 saturated carbocycles. The number of likely N-dealkylation sites (N-methyl/N-ethyl adjacent to an activating group) is 1. The molecule has 11 nitrogen and oxygen atoms in total. The van der Waals surface area contributed by atoms with Crippen molar-refractivity contribution in [1.82, 2.24) is 14.9 Å². The highest BCUT2D eigenvalue weighted by atomic mass is 35.5. The summed E-state index contributed by atoms with van der Waals surface area (Å²) in [5.74, 6) is 1.01. The number of nitrogens with zero attached hydrogens (tertiary/aromatic N) is 4. The van der Waals surface area contributed by atoms with Crippen LogP contribution in [0, 0.1) is 5.21 Å². The first-order valence-electron chi connectivity index (χ1n) is 11.7. The molecule has 37 heavy (non-hydrogen) atoms. The van der Waals surface area contributed by atoms with Crippen LogP contribution in [0.3, 0.4) is 0 Å². The Bertz CT molecular complexity index is 1280. The van der Waals surface area contributed by atoms with Gasteiger partial charge >= 0.3 is 0 Å². The number of aromatic nitrogens is 2. The lowest BCUT2D eigenvalue weighted by molar-refractivity contribution is -0.990. The molecule has 0 bridgehead atoms. The molecule has 1 amide bonds. The SMILES string of the molecule is CCN1CCN(c2ccc(NCCNc3ccc([NH+]([O-])O)c(N)n3)nc2-c2ccc(Cl)cc2Cl)C(=O)C1. The molecule has 6 N–H and O–H groups in total. The van der Waals surface area contributed by atoms with Gasteiger partial charge in [-0.15, -0.1) is 0 Å². The Kier molecular flexibility index (Phi) is 8.64. The number of hydrogen-bond donors (Lipinski definition) is 5. The monoisotopic (exact) mass is 546 g/mol. The number of piperazine rings is 1. The zero-order valence-corrected chi connectivity index (χ0v) is 21.7. The van der Waals surface area contributed by atoms with Gasteiger partial charge in [0.25, 0.3) is 0 Å². The number of halogens is 2. The summed E-state index contributed by atoms with van der Waals surface area (Å²) in [6.45, 7) is 5.48. The van der Waals surface area contributed by atoms with Gasteiger partial charge in [-0.2, -0.15) is 5.23 Å². The normalized spacial score (nSPS) is 15.1. The summed E-state index contributed by atoms with van der Waals surface area (Å²) in [5.41, 5.74) is 7.60. The van der Waals surface area contributed by atoms with E-state index in [1.807, 2.05) is 19.1 Å². The van der Waals surface area contributed by atoms with E-state index in [1.54, 1.807) is 29.2 Å². The predicted octanol–water partition coefficient (Wildman–Crippen LogP) is 2.63. The lowest BCUT2D eigenvalue weighted by Gasteiger charge is -2.34. The Morgan fingerprint density at radius 1 is 1.08 bits per heavy atom. The highest BCUT2D eigenvalue weighted by Gasteiger charge is 2.27. The van der Waals surface area contributed by atoms with Crippen molar-refractivity contribution in [2.45, 2.75) is 6.92 Å². The summed E-state index contributed by atoms with van der Waals surface area (Å²) in [4.78, 5) is 25.6. The van der Waals surface area contributed by atoms with Crippen molar-refractivity contribution < 1.29 is 15.2 Å². The van der Waals surface area contributed by atoms with Gasteiger partial charge in [-0.3, -0.25) is 9.69 Å². The molecule has 3 aromatic rings. The molecule has 13 heteroatoms. The number of rotatable bonds is 9. The number of carbonyl (C=O) groups excluding carboxylic acids is 1. The first-order valence-corrected chi connectivity index (χ1v) is 12.5. The summed E-state index contributed by atoms with van der Waals surface area (Å²) in [5, 5.41) is 26.3. The Morgan fingerprint density at radius 2 is 1.78 bits per heavy atom. The Labute approximate surface area is 224 Å². The number of nitrogens with two attached hydrogens (primary N) is 1. The number of nitrogens with one attached hydrogen (secondary N) is 3. The standard InChI is InChI=1S/C24H28Cl2N8O3/c1-2-32-11-12-33(22(35)14-32)18-5-7-20(30-23(18)16-4-3-15(25)13-17(16)26)28-9-10-29-21-8-6-19(34(36)37)24(27)31-21/h3-8,13,34,36H,2,9-12,14H2,1H3,(H,28,30)(H3,27,29,31). The quantitative estimate of drug-likeness (QED) is 0.202. The van der Waals surface area contributed by atoms with Crippen molar-refractivity contribution in [2.24, 2.45) is 0 Å². The Balaban J connectivity index is 1.51. The van der Waals surface area contributed by atoms with Crippen LogP contribution in [-0.4, -0.2) is 65.3 Å². The molecule has 0 aliphatic carbocycles. The first kappa shape index (κ1) is 26.9. The van der Waals surface area contributed by atoms with Gasteiger partial charge in [-0.1, -0.05) is 30.1 Å². The van der Waals surface area contributed by atoms with E-state index in [-0.39, 0.29) is 17.4 Å². The second kappa shape index (κ2) is 11.9. The molecule has 0 radical (unpaired) electrons. The average Bonchev–Trinajstić information content (AvgIpc) is 2.86. The van der Waals surface area contributed by atoms with Crippen molar-refractivity contribution in [3.05, 3.63) is 57.7 Å². The molecule has 1 unspecified atom stereocenters. The molecule has 196 valence electrons. The first-order chi connectivity index (χ1) is 17.8. The average molecular weight is 547 g/mol. The van der Waals surface area contributed by atoms with E-state index < -0.39 is 5.23 Å². The number of amides is 1. The van der Waals surface area contributed by atoms with Gasteiger partial charge in [0.2, 0.25) is 11.6 Å². The minimum atomic E-state index is -1.13. The van der Waals surface area contributed by atoms with E-state index in [4.69, 9.17) is 39.1 Å². The summed E-state index contributed by atoms with van der Waals surface area (Å²) < 4.78 is 0. The summed E-state index contributed by atoms with van der Waals surface area (Å²) in [6.07, 6.45) is 0. The van der Waals surface area contributed by atoms with Crippen LogP contribution in [-0.2, 0) is 4.79 Å². The number of anilines is 4. The van der Waals surface area contributed by atoms with Gasteiger partial charge < -0.3 is 26.5 Å². The number of carbonyl (C=O) groups is 1. The molecule has 0 spiro atoms. The van der Waals surface area contributed by atoms with Crippen LogP contribution >= 0.6 is 23.2 Å². The van der Waals surface area contributed by atoms with Crippen molar-refractivity contribution in [1.29, 1.82) is 0 Å². The molecular formula is C24H28Cl2N8O3. The number of benzene rings is 1. The van der Waals surface area contributed by atoms with Crippen LogP contribution in [0.15, 0.2) is 42.5 Å². The van der Waals surface area contributed by atoms with E-state index in [1.165, 1.54) is 6.07 Å². The maximum Gasteiger partial charge on any atom is 0.241 e. The van der Waals surface area contributed by atoms with E-state index >= 15 is 0 Å². The molecule has 1 aliphatic rings. The molecule has 4 rings (SSSR count). The molecule has 1 saturated heterocycles. The van der Waals surface area contributed by atoms with Crippen LogP contribution in [0.5, 0.6) is 0 Å². The van der Waals surface area contributed by atoms with Crippen molar-refractivity contribution >= 4 is 57.9 Å². The Hall–Kier alpha value is -3.19. The van der Waals surface area contributed by atoms with Crippen LogP contribution in [0.2, 0.25) is 10.0 Å². The third-order valence-electron chi connectivity index (χ3n) is 5.99. The van der Waals surface area contributed by atoms with Gasteiger partial charge in [0.1, 0.15) is 11.6 Å². The smallest absolute Gasteiger partial charge is 0.241 e. The molecule has 1 atom stereocenters. The second-order valence-corrected chi connectivity index (χ2v) is 9.23. The molecule has 1 aliphatic heterocycles. The van der Waals surface area contributed by atoms with Crippen LogP contribution in [0.25, 0.3) is 11.3 Å². The van der Waals surface area contributed by atoms with E-state index in [0.29, 0.717) is 64.8 Å². The minimum absolute atomic E-state index is 0.00633. The van der Waals surface area contributed by atoms with E-state index in [0.717, 1.165) is 13.1 Å². The van der Waals surface area contributed by atoms with Gasteiger partial charge in [0.05, 0.1) is 22.9 Å². The number of quaternary nitrogens is 1. The highest BCUT2D eigenvalue weighted by Crippen LogP contribution is 2.37. The lowest BCUT2D eigenvalue weighted by atomic mass is 10.1. The minimum Gasteiger partial charge on any atom is -0.595 e. The maximum absolute atomic E-state index is 12.9. The highest BCUT2D eigenvalue weighted by molar-refractivity contribution is 6.36. The molecular weight excluding hydrogens is 519 g/mol. The van der Waals surface area contributed by atoms with Gasteiger partial charge in [-0.05, 0) is 42.9 Å². The summed E-state index contributed by atoms with van der Waals surface area (Å²) >= 11 is 12.6. The predicted molar refractivity (Wildman–Crippen MR) is 146 cm³/mol. The summed E-state index contributed by atoms with van der Waals surface area (Å²) in [6, 6.07) is 11.8. The lowest BCUT2D eigenvalue weighted by Crippen LogP contribution is -2.99. The molecule has 1 fully saturated rings. The largest absolute Gasteiger partial charge is 0.595 e. The fourth-order valence-corrected chi connectivity index (χ4v) is 4.53. The zero-order chi connectivity index (χ0) is 26.5. The zero-order valence-electron chi connectivity index (χ0n) is 20.2. The van der Waals surface area contributed by atoms with Gasteiger partial charge in [-0.25, -0.2) is 15.2 Å². The van der Waals surface area contributed by atoms with Crippen LogP contribution < -0.4 is 26.5 Å². The topological polar surface area (TPSA) is 147 Å². The number of nitrogen functional groups attached to an aromatic ring is 1.